The summed E-state index contributed by atoms with van der Waals surface area (Å²) in [5.41, 5.74) is 3.14. The molecule has 2 rings (SSSR count). The molecule has 0 aliphatic heterocycles. The molecule has 2 N–H and O–H groups in total. The van der Waals surface area contributed by atoms with Gasteiger partial charge in [0.25, 0.3) is 5.91 Å². The van der Waals surface area contributed by atoms with Gasteiger partial charge in [0.2, 0.25) is 5.95 Å². The largest absolute Gasteiger partial charge is 0.385 e. The van der Waals surface area contributed by atoms with E-state index >= 15 is 0 Å². The summed E-state index contributed by atoms with van der Waals surface area (Å²) in [5, 5.41) is 5.94. The van der Waals surface area contributed by atoms with Crippen molar-refractivity contribution in [2.45, 2.75) is 20.3 Å². The number of carbonyl (C=O) groups is 1. The van der Waals surface area contributed by atoms with Crippen LogP contribution in [0.3, 0.4) is 0 Å². The highest BCUT2D eigenvalue weighted by Gasteiger charge is 2.10. The molecule has 0 spiro atoms. The second-order valence-corrected chi connectivity index (χ2v) is 5.31. The van der Waals surface area contributed by atoms with Crippen molar-refractivity contribution in [3.05, 3.63) is 47.3 Å². The van der Waals surface area contributed by atoms with Gasteiger partial charge in [-0.1, -0.05) is 17.7 Å². The molecule has 6 nitrogen and oxygen atoms in total. The van der Waals surface area contributed by atoms with Crippen LogP contribution in [-0.4, -0.2) is 36.1 Å². The average molecular weight is 314 g/mol. The Kier molecular flexibility index (Phi) is 6.05. The van der Waals surface area contributed by atoms with E-state index < -0.39 is 0 Å². The smallest absolute Gasteiger partial charge is 0.270 e. The monoisotopic (exact) mass is 314 g/mol. The van der Waals surface area contributed by atoms with Crippen LogP contribution in [-0.2, 0) is 4.74 Å². The number of anilines is 2. The van der Waals surface area contributed by atoms with Gasteiger partial charge in [-0.25, -0.2) is 9.97 Å². The van der Waals surface area contributed by atoms with Crippen LogP contribution in [0.1, 0.15) is 28.2 Å². The number of aromatic nitrogens is 2. The van der Waals surface area contributed by atoms with Gasteiger partial charge in [-0.3, -0.25) is 4.79 Å². The van der Waals surface area contributed by atoms with Gasteiger partial charge in [0.15, 0.2) is 0 Å². The predicted molar refractivity (Wildman–Crippen MR) is 90.1 cm³/mol. The molecule has 23 heavy (non-hydrogen) atoms. The lowest BCUT2D eigenvalue weighted by atomic mass is 10.2. The molecule has 6 heteroatoms. The number of benzene rings is 1. The van der Waals surface area contributed by atoms with E-state index in [-0.39, 0.29) is 5.91 Å². The third-order valence-electron chi connectivity index (χ3n) is 3.21. The SMILES string of the molecule is COCCCNC(=O)c1cc(C)nc(Nc2ccc(C)cc2)n1. The number of methoxy groups -OCH3 is 1. The predicted octanol–water partition coefficient (Wildman–Crippen LogP) is 2.60. The standard InChI is InChI=1S/C17H22N4O2/c1-12-5-7-14(8-6-12)20-17-19-13(2)11-15(21-17)16(22)18-9-4-10-23-3/h5-8,11H,4,9-10H2,1-3H3,(H,18,22)(H,19,20,21). The summed E-state index contributed by atoms with van der Waals surface area (Å²) in [4.78, 5) is 20.7. The first-order valence-electron chi connectivity index (χ1n) is 7.55. The zero-order valence-electron chi connectivity index (χ0n) is 13.7. The van der Waals surface area contributed by atoms with E-state index in [4.69, 9.17) is 4.74 Å². The lowest BCUT2D eigenvalue weighted by Gasteiger charge is -2.09. The van der Waals surface area contributed by atoms with Gasteiger partial charge in [0.05, 0.1) is 0 Å². The summed E-state index contributed by atoms with van der Waals surface area (Å²) < 4.78 is 4.96. The van der Waals surface area contributed by atoms with Crippen LogP contribution < -0.4 is 10.6 Å². The van der Waals surface area contributed by atoms with E-state index in [1.165, 1.54) is 5.56 Å². The van der Waals surface area contributed by atoms with E-state index in [2.05, 4.69) is 20.6 Å². The minimum absolute atomic E-state index is 0.210. The Balaban J connectivity index is 2.05. The molecule has 1 heterocycles. The Bertz CT molecular complexity index is 656. The first-order valence-corrected chi connectivity index (χ1v) is 7.55. The van der Waals surface area contributed by atoms with Gasteiger partial charge in [0.1, 0.15) is 5.69 Å². The van der Waals surface area contributed by atoms with Crippen LogP contribution in [0.5, 0.6) is 0 Å². The van der Waals surface area contributed by atoms with E-state index in [9.17, 15) is 4.79 Å². The van der Waals surface area contributed by atoms with Gasteiger partial charge < -0.3 is 15.4 Å². The maximum atomic E-state index is 12.1. The minimum atomic E-state index is -0.210. The highest BCUT2D eigenvalue weighted by molar-refractivity contribution is 5.92. The zero-order valence-corrected chi connectivity index (χ0v) is 13.7. The van der Waals surface area contributed by atoms with Gasteiger partial charge in [-0.2, -0.15) is 0 Å². The van der Waals surface area contributed by atoms with Gasteiger partial charge in [-0.15, -0.1) is 0 Å². The van der Waals surface area contributed by atoms with Crippen LogP contribution in [0.25, 0.3) is 0 Å². The molecule has 0 aliphatic rings. The van der Waals surface area contributed by atoms with Gasteiger partial charge in [0, 0.05) is 31.6 Å². The summed E-state index contributed by atoms with van der Waals surface area (Å²) in [7, 11) is 1.64. The summed E-state index contributed by atoms with van der Waals surface area (Å²) in [6.45, 7) is 5.03. The summed E-state index contributed by atoms with van der Waals surface area (Å²) in [6.07, 6.45) is 0.765. The number of hydrogen-bond donors (Lipinski definition) is 2. The van der Waals surface area contributed by atoms with Crippen LogP contribution in [0, 0.1) is 13.8 Å². The molecular formula is C17H22N4O2. The fraction of sp³-hybridized carbons (Fsp3) is 0.353. The Morgan fingerprint density at radius 1 is 1.17 bits per heavy atom. The molecule has 0 fully saturated rings. The second kappa shape index (κ2) is 8.24. The van der Waals surface area contributed by atoms with Crippen molar-refractivity contribution in [1.82, 2.24) is 15.3 Å². The lowest BCUT2D eigenvalue weighted by Crippen LogP contribution is -2.26. The van der Waals surface area contributed by atoms with Crippen molar-refractivity contribution in [2.24, 2.45) is 0 Å². The second-order valence-electron chi connectivity index (χ2n) is 5.31. The van der Waals surface area contributed by atoms with Crippen molar-refractivity contribution in [3.8, 4) is 0 Å². The molecule has 1 aromatic heterocycles. The molecule has 0 aliphatic carbocycles. The molecular weight excluding hydrogens is 292 g/mol. The van der Waals surface area contributed by atoms with E-state index in [0.29, 0.717) is 24.8 Å². The molecule has 0 saturated carbocycles. The number of nitrogens with zero attached hydrogens (tertiary/aromatic N) is 2. The Morgan fingerprint density at radius 3 is 2.61 bits per heavy atom. The summed E-state index contributed by atoms with van der Waals surface area (Å²) >= 11 is 0. The highest BCUT2D eigenvalue weighted by Crippen LogP contribution is 2.14. The number of aryl methyl sites for hydroxylation is 2. The third-order valence-corrected chi connectivity index (χ3v) is 3.21. The Hall–Kier alpha value is -2.47. The number of nitrogens with one attached hydrogen (secondary N) is 2. The fourth-order valence-corrected chi connectivity index (χ4v) is 2.02. The van der Waals surface area contributed by atoms with Crippen LogP contribution in [0.15, 0.2) is 30.3 Å². The molecule has 0 saturated heterocycles. The van der Waals surface area contributed by atoms with Crippen molar-refractivity contribution in [1.29, 1.82) is 0 Å². The molecule has 0 bridgehead atoms. The topological polar surface area (TPSA) is 76.1 Å². The fourth-order valence-electron chi connectivity index (χ4n) is 2.02. The number of rotatable bonds is 7. The molecule has 0 radical (unpaired) electrons. The van der Waals surface area contributed by atoms with E-state index in [0.717, 1.165) is 17.8 Å². The number of ether oxygens (including phenoxy) is 1. The van der Waals surface area contributed by atoms with Crippen molar-refractivity contribution in [3.63, 3.8) is 0 Å². The first kappa shape index (κ1) is 16.9. The van der Waals surface area contributed by atoms with Gasteiger partial charge >= 0.3 is 0 Å². The Morgan fingerprint density at radius 2 is 1.91 bits per heavy atom. The van der Waals surface area contributed by atoms with E-state index in [1.807, 2.05) is 38.1 Å². The molecule has 0 atom stereocenters. The first-order chi connectivity index (χ1) is 11.1. The van der Waals surface area contributed by atoms with Crippen LogP contribution in [0.2, 0.25) is 0 Å². The lowest BCUT2D eigenvalue weighted by molar-refractivity contribution is 0.0943. The highest BCUT2D eigenvalue weighted by atomic mass is 16.5. The zero-order chi connectivity index (χ0) is 16.7. The summed E-state index contributed by atoms with van der Waals surface area (Å²) in [5.74, 6) is 0.203. The third kappa shape index (κ3) is 5.34. The molecule has 0 unspecified atom stereocenters. The molecule has 2 aromatic rings. The number of amides is 1. The quantitative estimate of drug-likeness (QED) is 0.768. The van der Waals surface area contributed by atoms with Crippen molar-refractivity contribution >= 4 is 17.5 Å². The van der Waals surface area contributed by atoms with Crippen LogP contribution >= 0.6 is 0 Å². The van der Waals surface area contributed by atoms with Crippen LogP contribution in [0.4, 0.5) is 11.6 Å². The van der Waals surface area contributed by atoms with Crippen molar-refractivity contribution < 1.29 is 9.53 Å². The summed E-state index contributed by atoms with van der Waals surface area (Å²) in [6, 6.07) is 9.58. The normalized spacial score (nSPS) is 10.4. The molecule has 122 valence electrons. The number of hydrogen-bond acceptors (Lipinski definition) is 5. The number of carbonyl (C=O) groups excluding carboxylic acids is 1. The average Bonchev–Trinajstić information content (AvgIpc) is 2.53. The maximum Gasteiger partial charge on any atom is 0.270 e. The Labute approximate surface area is 136 Å². The maximum absolute atomic E-state index is 12.1. The molecule has 1 amide bonds. The van der Waals surface area contributed by atoms with Gasteiger partial charge in [-0.05, 0) is 38.5 Å². The molecule has 1 aromatic carbocycles. The minimum Gasteiger partial charge on any atom is -0.385 e. The van der Waals surface area contributed by atoms with E-state index in [1.54, 1.807) is 13.2 Å². The van der Waals surface area contributed by atoms with Crippen molar-refractivity contribution in [2.75, 3.05) is 25.6 Å².